The minimum atomic E-state index is -0.754. The molecule has 2 aromatic heterocycles. The zero-order chi connectivity index (χ0) is 17.8. The van der Waals surface area contributed by atoms with Crippen LogP contribution in [0.3, 0.4) is 0 Å². The number of rotatable bonds is 4. The van der Waals surface area contributed by atoms with Gasteiger partial charge in [-0.1, -0.05) is 23.7 Å². The number of furan rings is 1. The van der Waals surface area contributed by atoms with Gasteiger partial charge in [0.2, 0.25) is 0 Å². The van der Waals surface area contributed by atoms with E-state index < -0.39 is 11.8 Å². The first-order valence-electron chi connectivity index (χ1n) is 7.51. The molecule has 3 rings (SSSR count). The maximum atomic E-state index is 12.0. The van der Waals surface area contributed by atoms with Gasteiger partial charge >= 0.3 is 11.8 Å². The third-order valence-corrected chi connectivity index (χ3v) is 4.62. The van der Waals surface area contributed by atoms with Crippen LogP contribution in [0.2, 0.25) is 5.02 Å². The Bertz CT molecular complexity index is 903. The second-order valence-electron chi connectivity index (χ2n) is 5.34. The summed E-state index contributed by atoms with van der Waals surface area (Å²) in [6.07, 6.45) is 0. The average molecular weight is 375 g/mol. The second-order valence-corrected chi connectivity index (χ2v) is 6.72. The van der Waals surface area contributed by atoms with Crippen LogP contribution >= 0.6 is 22.9 Å². The molecule has 0 radical (unpaired) electrons. The van der Waals surface area contributed by atoms with E-state index in [1.54, 1.807) is 35.6 Å². The van der Waals surface area contributed by atoms with E-state index in [-0.39, 0.29) is 6.54 Å². The Labute approximate surface area is 153 Å². The lowest BCUT2D eigenvalue weighted by atomic mass is 10.2. The van der Waals surface area contributed by atoms with Crippen molar-refractivity contribution in [1.29, 1.82) is 0 Å². The lowest BCUT2D eigenvalue weighted by Crippen LogP contribution is -2.35. The molecule has 0 saturated carbocycles. The number of thiophene rings is 1. The van der Waals surface area contributed by atoms with Crippen LogP contribution < -0.4 is 10.6 Å². The van der Waals surface area contributed by atoms with E-state index in [1.165, 1.54) is 0 Å². The van der Waals surface area contributed by atoms with Gasteiger partial charge in [-0.25, -0.2) is 0 Å². The quantitative estimate of drug-likeness (QED) is 0.671. The van der Waals surface area contributed by atoms with Gasteiger partial charge in [0.25, 0.3) is 0 Å². The van der Waals surface area contributed by atoms with Gasteiger partial charge in [0.05, 0.1) is 11.4 Å². The van der Waals surface area contributed by atoms with Crippen molar-refractivity contribution in [3.63, 3.8) is 0 Å². The summed E-state index contributed by atoms with van der Waals surface area (Å²) in [5.74, 6) is -0.189. The van der Waals surface area contributed by atoms with Gasteiger partial charge in [0.15, 0.2) is 0 Å². The summed E-state index contributed by atoms with van der Waals surface area (Å²) in [6.45, 7) is 1.95. The van der Waals surface area contributed by atoms with Crippen molar-refractivity contribution >= 4 is 40.4 Å². The summed E-state index contributed by atoms with van der Waals surface area (Å²) in [6, 6.07) is 12.6. The van der Waals surface area contributed by atoms with Crippen molar-refractivity contribution in [2.45, 2.75) is 13.5 Å². The van der Waals surface area contributed by atoms with Crippen molar-refractivity contribution in [2.75, 3.05) is 5.32 Å². The number of carbonyl (C=O) groups excluding carboxylic acids is 2. The van der Waals surface area contributed by atoms with Crippen LogP contribution in [0.5, 0.6) is 0 Å². The third-order valence-electron chi connectivity index (χ3n) is 3.50. The van der Waals surface area contributed by atoms with Crippen LogP contribution in [0.4, 0.5) is 5.69 Å². The zero-order valence-electron chi connectivity index (χ0n) is 13.3. The fraction of sp³-hybridized carbons (Fsp3) is 0.111. The maximum Gasteiger partial charge on any atom is 0.313 e. The number of nitrogens with one attached hydrogen (secondary N) is 2. The second kappa shape index (κ2) is 7.55. The van der Waals surface area contributed by atoms with E-state index in [1.807, 2.05) is 30.5 Å². The molecule has 2 amide bonds. The number of carbonyl (C=O) groups is 2. The van der Waals surface area contributed by atoms with Gasteiger partial charge in [-0.15, -0.1) is 11.3 Å². The van der Waals surface area contributed by atoms with E-state index in [0.717, 1.165) is 16.2 Å². The van der Waals surface area contributed by atoms with Crippen LogP contribution in [0.25, 0.3) is 10.6 Å². The Kier molecular flexibility index (Phi) is 5.21. The van der Waals surface area contributed by atoms with Crippen molar-refractivity contribution < 1.29 is 14.0 Å². The molecule has 25 heavy (non-hydrogen) atoms. The van der Waals surface area contributed by atoms with E-state index in [0.29, 0.717) is 16.5 Å². The van der Waals surface area contributed by atoms with Crippen LogP contribution in [-0.4, -0.2) is 11.8 Å². The van der Waals surface area contributed by atoms with Gasteiger partial charge in [-0.3, -0.25) is 9.59 Å². The lowest BCUT2D eigenvalue weighted by molar-refractivity contribution is -0.136. The molecule has 0 spiro atoms. The van der Waals surface area contributed by atoms with Crippen molar-refractivity contribution in [3.8, 4) is 10.6 Å². The Hall–Kier alpha value is -2.57. The molecule has 0 fully saturated rings. The summed E-state index contributed by atoms with van der Waals surface area (Å²) in [7, 11) is 0. The fourth-order valence-electron chi connectivity index (χ4n) is 2.18. The molecule has 3 aromatic rings. The van der Waals surface area contributed by atoms with E-state index in [4.69, 9.17) is 16.0 Å². The molecular weight excluding hydrogens is 360 g/mol. The van der Waals surface area contributed by atoms with Crippen molar-refractivity contribution in [1.82, 2.24) is 5.32 Å². The van der Waals surface area contributed by atoms with Crippen molar-refractivity contribution in [3.05, 3.63) is 64.2 Å². The molecule has 2 heterocycles. The Morgan fingerprint density at radius 1 is 1.16 bits per heavy atom. The molecule has 0 unspecified atom stereocenters. The number of aryl methyl sites for hydroxylation is 1. The standard InChI is InChI=1S/C18H15ClN2O3S/c1-11-4-5-12(19)9-14(11)21-18(23)17(22)20-10-13-6-7-15(24-13)16-3-2-8-25-16/h2-9H,10H2,1H3,(H,20,22)(H,21,23). The van der Waals surface area contributed by atoms with E-state index in [9.17, 15) is 9.59 Å². The molecule has 0 saturated heterocycles. The summed E-state index contributed by atoms with van der Waals surface area (Å²) < 4.78 is 5.66. The van der Waals surface area contributed by atoms with Crippen LogP contribution in [-0.2, 0) is 16.1 Å². The summed E-state index contributed by atoms with van der Waals surface area (Å²) in [5, 5.41) is 7.53. The first-order chi connectivity index (χ1) is 12.0. The molecule has 128 valence electrons. The maximum absolute atomic E-state index is 12.0. The van der Waals surface area contributed by atoms with Crippen LogP contribution in [0, 0.1) is 6.92 Å². The Morgan fingerprint density at radius 2 is 2.00 bits per heavy atom. The summed E-state index contributed by atoms with van der Waals surface area (Å²) in [4.78, 5) is 25.0. The van der Waals surface area contributed by atoms with Gasteiger partial charge in [0.1, 0.15) is 11.5 Å². The predicted molar refractivity (Wildman–Crippen MR) is 98.7 cm³/mol. The number of hydrogen-bond acceptors (Lipinski definition) is 4. The molecule has 2 N–H and O–H groups in total. The Balaban J connectivity index is 1.57. The molecule has 0 bridgehead atoms. The first-order valence-corrected chi connectivity index (χ1v) is 8.76. The highest BCUT2D eigenvalue weighted by atomic mass is 35.5. The molecule has 1 aromatic carbocycles. The highest BCUT2D eigenvalue weighted by Crippen LogP contribution is 2.26. The number of anilines is 1. The molecule has 0 aliphatic heterocycles. The van der Waals surface area contributed by atoms with Crippen LogP contribution in [0.15, 0.2) is 52.3 Å². The number of halogens is 1. The average Bonchev–Trinajstić information content (AvgIpc) is 3.26. The SMILES string of the molecule is Cc1ccc(Cl)cc1NC(=O)C(=O)NCc1ccc(-c2cccs2)o1. The highest BCUT2D eigenvalue weighted by molar-refractivity contribution is 7.13. The minimum Gasteiger partial charge on any atom is -0.458 e. The van der Waals surface area contributed by atoms with Crippen molar-refractivity contribution in [2.24, 2.45) is 0 Å². The predicted octanol–water partition coefficient (Wildman–Crippen LogP) is 4.22. The summed E-state index contributed by atoms with van der Waals surface area (Å²) >= 11 is 7.47. The lowest BCUT2D eigenvalue weighted by Gasteiger charge is -2.08. The molecule has 5 nitrogen and oxygen atoms in total. The third kappa shape index (κ3) is 4.29. The van der Waals surface area contributed by atoms with Gasteiger partial charge in [-0.2, -0.15) is 0 Å². The van der Waals surface area contributed by atoms with E-state index >= 15 is 0 Å². The van der Waals surface area contributed by atoms with Crippen LogP contribution in [0.1, 0.15) is 11.3 Å². The highest BCUT2D eigenvalue weighted by Gasteiger charge is 2.15. The molecule has 0 aliphatic carbocycles. The molecule has 0 aliphatic rings. The fourth-order valence-corrected chi connectivity index (χ4v) is 3.04. The first kappa shape index (κ1) is 17.3. The topological polar surface area (TPSA) is 71.3 Å². The van der Waals surface area contributed by atoms with Gasteiger partial charge in [0, 0.05) is 10.7 Å². The smallest absolute Gasteiger partial charge is 0.313 e. The Morgan fingerprint density at radius 3 is 2.76 bits per heavy atom. The van der Waals surface area contributed by atoms with E-state index in [2.05, 4.69) is 10.6 Å². The molecular formula is C18H15ClN2O3S. The number of amides is 2. The molecule has 0 atom stereocenters. The van der Waals surface area contributed by atoms with Gasteiger partial charge in [-0.05, 0) is 48.2 Å². The normalized spacial score (nSPS) is 10.5. The van der Waals surface area contributed by atoms with Gasteiger partial charge < -0.3 is 15.1 Å². The number of benzene rings is 1. The summed E-state index contributed by atoms with van der Waals surface area (Å²) in [5.41, 5.74) is 1.32. The molecule has 7 heteroatoms. The largest absolute Gasteiger partial charge is 0.458 e. The number of hydrogen-bond donors (Lipinski definition) is 2. The minimum absolute atomic E-state index is 0.131. The monoisotopic (exact) mass is 374 g/mol. The zero-order valence-corrected chi connectivity index (χ0v) is 14.9.